The van der Waals surface area contributed by atoms with Gasteiger partial charge in [-0.1, -0.05) is 30.3 Å². The number of piperidine rings is 1. The van der Waals surface area contributed by atoms with Gasteiger partial charge in [-0.2, -0.15) is 0 Å². The van der Waals surface area contributed by atoms with Crippen molar-refractivity contribution in [3.05, 3.63) is 71.9 Å². The lowest BCUT2D eigenvalue weighted by atomic mass is 9.77. The number of anilines is 1. The van der Waals surface area contributed by atoms with Gasteiger partial charge in [0, 0.05) is 48.9 Å². The quantitative estimate of drug-likeness (QED) is 0.769. The fraction of sp³-hybridized carbons (Fsp3) is 0.292. The van der Waals surface area contributed by atoms with E-state index in [1.165, 1.54) is 12.4 Å². The summed E-state index contributed by atoms with van der Waals surface area (Å²) >= 11 is 0. The van der Waals surface area contributed by atoms with E-state index in [1.807, 2.05) is 64.4 Å². The van der Waals surface area contributed by atoms with Gasteiger partial charge < -0.3 is 20.9 Å². The number of nitrogens with one attached hydrogen (secondary N) is 1. The molecule has 2 aliphatic rings. The largest absolute Gasteiger partial charge is 0.404 e. The van der Waals surface area contributed by atoms with Crippen LogP contribution in [0.15, 0.2) is 60.8 Å². The Balaban J connectivity index is 1.44. The van der Waals surface area contributed by atoms with Crippen LogP contribution in [0.25, 0.3) is 5.57 Å². The number of amides is 2. The Kier molecular flexibility index (Phi) is 5.40. The number of likely N-dealkylation sites (tertiary alicyclic amines) is 1. The van der Waals surface area contributed by atoms with Crippen molar-refractivity contribution in [3.63, 3.8) is 0 Å². The number of hydrogen-bond acceptors (Lipinski definition) is 4. The molecule has 2 amide bonds. The highest BCUT2D eigenvalue weighted by Crippen LogP contribution is 2.43. The van der Waals surface area contributed by atoms with Crippen LogP contribution in [0.4, 0.5) is 5.69 Å². The summed E-state index contributed by atoms with van der Waals surface area (Å²) in [5, 5.41) is 7.42. The Morgan fingerprint density at radius 1 is 0.933 bits per heavy atom. The first-order valence-corrected chi connectivity index (χ1v) is 10.3. The van der Waals surface area contributed by atoms with Gasteiger partial charge in [-0.25, -0.2) is 0 Å². The van der Waals surface area contributed by atoms with Crippen LogP contribution >= 0.6 is 0 Å². The second-order valence-corrected chi connectivity index (χ2v) is 7.96. The van der Waals surface area contributed by atoms with E-state index >= 15 is 0 Å². The minimum Gasteiger partial charge on any atom is -0.404 e. The zero-order chi connectivity index (χ0) is 21.1. The standard InChI is InChI=1S/C24H26N4O2/c25-16-20(17-26)18-6-8-21(9-7-18)28-15-12-24(23(28)30)10-13-27(14-11-24)22(29)19-4-2-1-3-5-19/h1-9,16-17,25H,10-15,26H2/b20-17+,25-16?. The summed E-state index contributed by atoms with van der Waals surface area (Å²) in [6, 6.07) is 16.9. The van der Waals surface area contributed by atoms with Gasteiger partial charge in [0.2, 0.25) is 5.91 Å². The van der Waals surface area contributed by atoms with Crippen LogP contribution < -0.4 is 10.6 Å². The average molecular weight is 402 g/mol. The zero-order valence-corrected chi connectivity index (χ0v) is 16.9. The Labute approximate surface area is 176 Å². The van der Waals surface area contributed by atoms with Crippen molar-refractivity contribution in [2.45, 2.75) is 19.3 Å². The molecular formula is C24H26N4O2. The SMILES string of the molecule is N=C/C(=C\N)c1ccc(N2CCC3(CCN(C(=O)c4ccccc4)CC3)C2=O)cc1. The highest BCUT2D eigenvalue weighted by Gasteiger charge is 2.49. The van der Waals surface area contributed by atoms with Crippen molar-refractivity contribution in [1.29, 1.82) is 5.41 Å². The molecule has 1 spiro atoms. The lowest BCUT2D eigenvalue weighted by Gasteiger charge is -2.38. The van der Waals surface area contributed by atoms with Gasteiger partial charge in [0.1, 0.15) is 0 Å². The second-order valence-electron chi connectivity index (χ2n) is 7.96. The van der Waals surface area contributed by atoms with E-state index in [0.717, 1.165) is 17.7 Å². The molecule has 2 aromatic rings. The Hall–Kier alpha value is -3.41. The maximum atomic E-state index is 13.3. The van der Waals surface area contributed by atoms with Crippen molar-refractivity contribution in [2.75, 3.05) is 24.5 Å². The third-order valence-corrected chi connectivity index (χ3v) is 6.39. The van der Waals surface area contributed by atoms with Gasteiger partial charge in [-0.15, -0.1) is 0 Å². The fourth-order valence-corrected chi connectivity index (χ4v) is 4.49. The number of carbonyl (C=O) groups is 2. The van der Waals surface area contributed by atoms with Crippen molar-refractivity contribution < 1.29 is 9.59 Å². The van der Waals surface area contributed by atoms with Crippen molar-refractivity contribution in [3.8, 4) is 0 Å². The summed E-state index contributed by atoms with van der Waals surface area (Å²) in [5.74, 6) is 0.196. The molecule has 0 aliphatic carbocycles. The van der Waals surface area contributed by atoms with E-state index in [9.17, 15) is 9.59 Å². The molecule has 0 atom stereocenters. The molecule has 2 aliphatic heterocycles. The van der Waals surface area contributed by atoms with Crippen molar-refractivity contribution in [2.24, 2.45) is 11.1 Å². The zero-order valence-electron chi connectivity index (χ0n) is 16.9. The molecule has 154 valence electrons. The minimum absolute atomic E-state index is 0.0401. The highest BCUT2D eigenvalue weighted by molar-refractivity contribution is 6.08. The number of benzene rings is 2. The molecule has 0 aromatic heterocycles. The lowest BCUT2D eigenvalue weighted by molar-refractivity contribution is -0.127. The molecule has 0 unspecified atom stereocenters. The molecular weight excluding hydrogens is 376 g/mol. The van der Waals surface area contributed by atoms with Crippen LogP contribution in [-0.2, 0) is 4.79 Å². The molecule has 2 aromatic carbocycles. The molecule has 0 bridgehead atoms. The summed E-state index contributed by atoms with van der Waals surface area (Å²) in [5.41, 5.74) is 8.24. The summed E-state index contributed by atoms with van der Waals surface area (Å²) in [6.45, 7) is 1.90. The number of hydrogen-bond donors (Lipinski definition) is 2. The molecule has 6 nitrogen and oxygen atoms in total. The van der Waals surface area contributed by atoms with Gasteiger partial charge in [-0.3, -0.25) is 9.59 Å². The highest BCUT2D eigenvalue weighted by atomic mass is 16.2. The van der Waals surface area contributed by atoms with Crippen molar-refractivity contribution >= 4 is 29.3 Å². The predicted molar refractivity (Wildman–Crippen MR) is 118 cm³/mol. The molecule has 0 saturated carbocycles. The number of nitrogens with zero attached hydrogens (tertiary/aromatic N) is 2. The Bertz CT molecular complexity index is 974. The van der Waals surface area contributed by atoms with E-state index < -0.39 is 0 Å². The van der Waals surface area contributed by atoms with Crippen LogP contribution in [-0.4, -0.2) is 42.6 Å². The second kappa shape index (κ2) is 8.14. The molecule has 2 heterocycles. The molecule has 2 saturated heterocycles. The monoisotopic (exact) mass is 402 g/mol. The molecule has 2 fully saturated rings. The van der Waals surface area contributed by atoms with Crippen LogP contribution in [0.1, 0.15) is 35.2 Å². The van der Waals surface area contributed by atoms with Crippen LogP contribution in [0.5, 0.6) is 0 Å². The minimum atomic E-state index is -0.372. The molecule has 4 rings (SSSR count). The first-order valence-electron chi connectivity index (χ1n) is 10.3. The normalized spacial score (nSPS) is 18.7. The third kappa shape index (κ3) is 3.49. The summed E-state index contributed by atoms with van der Waals surface area (Å²) in [4.78, 5) is 29.7. The maximum Gasteiger partial charge on any atom is 0.253 e. The van der Waals surface area contributed by atoms with Gasteiger partial charge in [0.25, 0.3) is 5.91 Å². The summed E-state index contributed by atoms with van der Waals surface area (Å²) < 4.78 is 0. The van der Waals surface area contributed by atoms with Crippen LogP contribution in [0, 0.1) is 10.8 Å². The van der Waals surface area contributed by atoms with E-state index in [0.29, 0.717) is 43.6 Å². The number of carbonyl (C=O) groups excluding carboxylic acids is 2. The Morgan fingerprint density at radius 2 is 1.57 bits per heavy atom. The molecule has 6 heteroatoms. The number of rotatable bonds is 4. The Morgan fingerprint density at radius 3 is 2.17 bits per heavy atom. The van der Waals surface area contributed by atoms with Crippen LogP contribution in [0.3, 0.4) is 0 Å². The van der Waals surface area contributed by atoms with Gasteiger partial charge in [0.15, 0.2) is 0 Å². The summed E-state index contributed by atoms with van der Waals surface area (Å²) in [6.07, 6.45) is 4.84. The molecule has 30 heavy (non-hydrogen) atoms. The molecule has 3 N–H and O–H groups in total. The maximum absolute atomic E-state index is 13.3. The number of allylic oxidation sites excluding steroid dienone is 1. The van der Waals surface area contributed by atoms with Gasteiger partial charge in [0.05, 0.1) is 5.41 Å². The summed E-state index contributed by atoms with van der Waals surface area (Å²) in [7, 11) is 0. The van der Waals surface area contributed by atoms with E-state index in [1.54, 1.807) is 0 Å². The third-order valence-electron chi connectivity index (χ3n) is 6.39. The van der Waals surface area contributed by atoms with E-state index in [2.05, 4.69) is 0 Å². The smallest absolute Gasteiger partial charge is 0.253 e. The first kappa shape index (κ1) is 19.9. The van der Waals surface area contributed by atoms with Crippen molar-refractivity contribution in [1.82, 2.24) is 4.90 Å². The van der Waals surface area contributed by atoms with Crippen LogP contribution in [0.2, 0.25) is 0 Å². The first-order chi connectivity index (χ1) is 14.6. The number of nitrogens with two attached hydrogens (primary N) is 1. The van der Waals surface area contributed by atoms with E-state index in [4.69, 9.17) is 11.1 Å². The predicted octanol–water partition coefficient (Wildman–Crippen LogP) is 3.30. The molecule has 0 radical (unpaired) electrons. The fourth-order valence-electron chi connectivity index (χ4n) is 4.49. The van der Waals surface area contributed by atoms with E-state index in [-0.39, 0.29) is 17.2 Å². The average Bonchev–Trinajstić information content (AvgIpc) is 3.11. The topological polar surface area (TPSA) is 90.5 Å². The van der Waals surface area contributed by atoms with Gasteiger partial charge >= 0.3 is 0 Å². The lowest BCUT2D eigenvalue weighted by Crippen LogP contribution is -2.46. The van der Waals surface area contributed by atoms with Gasteiger partial charge in [-0.05, 0) is 49.1 Å².